The summed E-state index contributed by atoms with van der Waals surface area (Å²) in [5, 5.41) is 3.44. The van der Waals surface area contributed by atoms with Gasteiger partial charge < -0.3 is 19.7 Å². The number of allylic oxidation sites excluding steroid dienone is 1. The largest absolute Gasteiger partial charge is 0.497 e. The van der Waals surface area contributed by atoms with Crippen molar-refractivity contribution in [3.8, 4) is 11.5 Å². The highest BCUT2D eigenvalue weighted by atomic mass is 16.5. The van der Waals surface area contributed by atoms with Crippen LogP contribution in [0.4, 0.5) is 5.69 Å². The van der Waals surface area contributed by atoms with Gasteiger partial charge in [-0.3, -0.25) is 4.79 Å². The first-order chi connectivity index (χ1) is 13.0. The van der Waals surface area contributed by atoms with Gasteiger partial charge in [-0.25, -0.2) is 0 Å². The van der Waals surface area contributed by atoms with Crippen molar-refractivity contribution in [1.29, 1.82) is 0 Å². The lowest BCUT2D eigenvalue weighted by Crippen LogP contribution is -2.16. The van der Waals surface area contributed by atoms with Gasteiger partial charge in [-0.05, 0) is 63.0 Å². The zero-order chi connectivity index (χ0) is 19.6. The molecule has 0 amide bonds. The summed E-state index contributed by atoms with van der Waals surface area (Å²) in [7, 11) is 7.26. The molecule has 2 rings (SSSR count). The van der Waals surface area contributed by atoms with Crippen molar-refractivity contribution in [2.24, 2.45) is 0 Å². The molecular weight excluding hydrogens is 340 g/mol. The smallest absolute Gasteiger partial charge is 0.189 e. The van der Waals surface area contributed by atoms with E-state index in [1.54, 1.807) is 38.5 Å². The summed E-state index contributed by atoms with van der Waals surface area (Å²) in [5.74, 6) is 1.04. The predicted octanol–water partition coefficient (Wildman–Crippen LogP) is 3.96. The second-order valence-corrected chi connectivity index (χ2v) is 6.43. The normalized spacial score (nSPS) is 11.0. The molecule has 0 atom stereocenters. The van der Waals surface area contributed by atoms with Crippen LogP contribution in [-0.2, 0) is 0 Å². The first kappa shape index (κ1) is 20.5. The highest BCUT2D eigenvalue weighted by Crippen LogP contribution is 2.25. The van der Waals surface area contributed by atoms with Gasteiger partial charge >= 0.3 is 0 Å². The Morgan fingerprint density at radius 1 is 1.11 bits per heavy atom. The number of nitrogens with zero attached hydrogens (tertiary/aromatic N) is 1. The van der Waals surface area contributed by atoms with Crippen LogP contribution in [0.2, 0.25) is 0 Å². The van der Waals surface area contributed by atoms with Crippen molar-refractivity contribution >= 4 is 17.5 Å². The Morgan fingerprint density at radius 2 is 1.89 bits per heavy atom. The monoisotopic (exact) mass is 368 g/mol. The van der Waals surface area contributed by atoms with E-state index in [1.807, 2.05) is 30.3 Å². The maximum Gasteiger partial charge on any atom is 0.189 e. The van der Waals surface area contributed by atoms with Crippen molar-refractivity contribution < 1.29 is 14.3 Å². The first-order valence-electron chi connectivity index (χ1n) is 8.97. The second kappa shape index (κ2) is 10.4. The summed E-state index contributed by atoms with van der Waals surface area (Å²) in [6.45, 7) is 1.91. The van der Waals surface area contributed by atoms with Crippen LogP contribution in [0, 0.1) is 0 Å². The molecule has 2 aromatic rings. The van der Waals surface area contributed by atoms with Crippen LogP contribution < -0.4 is 14.8 Å². The molecule has 0 aliphatic carbocycles. The van der Waals surface area contributed by atoms with Crippen LogP contribution in [0.5, 0.6) is 11.5 Å². The van der Waals surface area contributed by atoms with Gasteiger partial charge in [0.1, 0.15) is 11.5 Å². The molecule has 144 valence electrons. The van der Waals surface area contributed by atoms with Crippen LogP contribution in [0.25, 0.3) is 6.08 Å². The van der Waals surface area contributed by atoms with E-state index in [-0.39, 0.29) is 5.78 Å². The minimum absolute atomic E-state index is 0.114. The van der Waals surface area contributed by atoms with Gasteiger partial charge in [0.05, 0.1) is 19.8 Å². The topological polar surface area (TPSA) is 50.8 Å². The Kier molecular flexibility index (Phi) is 7.89. The maximum atomic E-state index is 12.6. The van der Waals surface area contributed by atoms with Crippen LogP contribution in [0.3, 0.4) is 0 Å². The molecule has 5 nitrogen and oxygen atoms in total. The molecule has 0 aliphatic heterocycles. The number of carbonyl (C=O) groups is 1. The Labute approximate surface area is 161 Å². The highest BCUT2D eigenvalue weighted by Gasteiger charge is 2.11. The Balaban J connectivity index is 2.10. The fourth-order valence-electron chi connectivity index (χ4n) is 2.68. The fourth-order valence-corrected chi connectivity index (χ4v) is 2.68. The van der Waals surface area contributed by atoms with Crippen LogP contribution in [0.15, 0.2) is 48.5 Å². The van der Waals surface area contributed by atoms with Crippen LogP contribution in [-0.4, -0.2) is 52.1 Å². The van der Waals surface area contributed by atoms with Gasteiger partial charge in [0, 0.05) is 18.3 Å². The van der Waals surface area contributed by atoms with Crippen molar-refractivity contribution in [1.82, 2.24) is 4.90 Å². The lowest BCUT2D eigenvalue weighted by Gasteiger charge is -2.12. The van der Waals surface area contributed by atoms with Gasteiger partial charge in [0.15, 0.2) is 5.78 Å². The van der Waals surface area contributed by atoms with Crippen molar-refractivity contribution in [2.75, 3.05) is 46.7 Å². The molecule has 0 fully saturated rings. The molecule has 0 saturated heterocycles. The third-order valence-corrected chi connectivity index (χ3v) is 4.15. The molecule has 5 heteroatoms. The molecule has 0 radical (unpaired) electrons. The Bertz CT molecular complexity index is 785. The van der Waals surface area contributed by atoms with E-state index in [0.717, 1.165) is 30.8 Å². The number of para-hydroxylation sites is 1. The third kappa shape index (κ3) is 6.15. The highest BCUT2D eigenvalue weighted by molar-refractivity contribution is 6.09. The summed E-state index contributed by atoms with van der Waals surface area (Å²) in [6.07, 6.45) is 4.46. The maximum absolute atomic E-state index is 12.6. The predicted molar refractivity (Wildman–Crippen MR) is 111 cm³/mol. The molecule has 1 N–H and O–H groups in total. The summed E-state index contributed by atoms with van der Waals surface area (Å²) < 4.78 is 10.5. The van der Waals surface area contributed by atoms with E-state index in [2.05, 4.69) is 24.3 Å². The molecule has 0 bridgehead atoms. The zero-order valence-electron chi connectivity index (χ0n) is 16.5. The Morgan fingerprint density at radius 3 is 2.59 bits per heavy atom. The van der Waals surface area contributed by atoms with Gasteiger partial charge in [-0.15, -0.1) is 0 Å². The average Bonchev–Trinajstić information content (AvgIpc) is 2.69. The minimum Gasteiger partial charge on any atom is -0.497 e. The molecule has 0 saturated carbocycles. The molecule has 0 spiro atoms. The summed E-state index contributed by atoms with van der Waals surface area (Å²) in [4.78, 5) is 14.8. The van der Waals surface area contributed by atoms with Crippen LogP contribution >= 0.6 is 0 Å². The van der Waals surface area contributed by atoms with Crippen molar-refractivity contribution in [2.45, 2.75) is 6.42 Å². The molecule has 0 unspecified atom stereocenters. The van der Waals surface area contributed by atoms with E-state index < -0.39 is 0 Å². The lowest BCUT2D eigenvalue weighted by molar-refractivity contribution is 0.104. The van der Waals surface area contributed by atoms with E-state index >= 15 is 0 Å². The number of methoxy groups -OCH3 is 2. The van der Waals surface area contributed by atoms with Gasteiger partial charge in [-0.1, -0.05) is 18.2 Å². The van der Waals surface area contributed by atoms with E-state index in [1.165, 1.54) is 0 Å². The van der Waals surface area contributed by atoms with Gasteiger partial charge in [-0.2, -0.15) is 0 Å². The summed E-state index contributed by atoms with van der Waals surface area (Å²) in [6, 6.07) is 13.1. The first-order valence-corrected chi connectivity index (χ1v) is 8.97. The quantitative estimate of drug-likeness (QED) is 0.391. The minimum atomic E-state index is -0.114. The van der Waals surface area contributed by atoms with Crippen LogP contribution in [0.1, 0.15) is 22.3 Å². The fraction of sp³-hybridized carbons (Fsp3) is 0.318. The SMILES string of the molecule is COc1ccc(C(=O)/C=C/c2ccccc2NCCCN(C)C)c(OC)c1. The molecule has 0 aromatic heterocycles. The van der Waals surface area contributed by atoms with E-state index in [0.29, 0.717) is 17.1 Å². The average molecular weight is 368 g/mol. The number of hydrogen-bond donors (Lipinski definition) is 1. The number of nitrogens with one attached hydrogen (secondary N) is 1. The molecule has 0 aliphatic rings. The molecule has 0 heterocycles. The Hall–Kier alpha value is -2.79. The molecular formula is C22H28N2O3. The number of rotatable bonds is 10. The van der Waals surface area contributed by atoms with Crippen molar-refractivity contribution in [3.63, 3.8) is 0 Å². The summed E-state index contributed by atoms with van der Waals surface area (Å²) >= 11 is 0. The standard InChI is InChI=1S/C22H28N2O3/c1-24(2)15-7-14-23-20-9-6-5-8-17(20)10-13-21(25)19-12-11-18(26-3)16-22(19)27-4/h5-6,8-13,16,23H,7,14-15H2,1-4H3/b13-10+. The third-order valence-electron chi connectivity index (χ3n) is 4.15. The number of carbonyl (C=O) groups excluding carboxylic acids is 1. The van der Waals surface area contributed by atoms with Crippen molar-refractivity contribution in [3.05, 3.63) is 59.7 Å². The lowest BCUT2D eigenvalue weighted by atomic mass is 10.1. The number of ether oxygens (including phenoxy) is 2. The van der Waals surface area contributed by atoms with E-state index in [9.17, 15) is 4.79 Å². The van der Waals surface area contributed by atoms with Gasteiger partial charge in [0.2, 0.25) is 0 Å². The molecule has 27 heavy (non-hydrogen) atoms. The number of ketones is 1. The van der Waals surface area contributed by atoms with E-state index in [4.69, 9.17) is 9.47 Å². The number of hydrogen-bond acceptors (Lipinski definition) is 5. The number of benzene rings is 2. The van der Waals surface area contributed by atoms with Gasteiger partial charge in [0.25, 0.3) is 0 Å². The zero-order valence-corrected chi connectivity index (χ0v) is 16.5. The summed E-state index contributed by atoms with van der Waals surface area (Å²) in [5.41, 5.74) is 2.50. The molecule has 2 aromatic carbocycles. The number of anilines is 1. The second-order valence-electron chi connectivity index (χ2n) is 6.43.